The Morgan fingerprint density at radius 1 is 1.19 bits per heavy atom. The lowest BCUT2D eigenvalue weighted by Gasteiger charge is -2.18. The summed E-state index contributed by atoms with van der Waals surface area (Å²) in [7, 11) is 1.51. The molecule has 142 valence electrons. The third-order valence-electron chi connectivity index (χ3n) is 4.05. The molecule has 0 heterocycles. The second kappa shape index (κ2) is 9.99. The van der Waals surface area contributed by atoms with Crippen LogP contribution in [0.1, 0.15) is 20.3 Å². The van der Waals surface area contributed by atoms with Crippen LogP contribution in [0.3, 0.4) is 0 Å². The number of anilines is 1. The number of rotatable bonds is 7. The average molecular weight is 383 g/mol. The summed E-state index contributed by atoms with van der Waals surface area (Å²) in [4.78, 5) is 12.1. The summed E-state index contributed by atoms with van der Waals surface area (Å²) in [6, 6.07) is 10.5. The SMILES string of the molecule is CCC(C)C(N)C(=O)Nc1ccc(Oc2ccccc2OC)c(F)c1.Cl. The van der Waals surface area contributed by atoms with Crippen molar-refractivity contribution in [2.45, 2.75) is 26.3 Å². The normalized spacial score (nSPS) is 12.5. The zero-order chi connectivity index (χ0) is 18.4. The summed E-state index contributed by atoms with van der Waals surface area (Å²) in [5.74, 6) is 0.0398. The molecule has 0 aliphatic carbocycles. The first-order valence-electron chi connectivity index (χ1n) is 8.13. The van der Waals surface area contributed by atoms with Crippen LogP contribution in [0.2, 0.25) is 0 Å². The van der Waals surface area contributed by atoms with Gasteiger partial charge in [-0.2, -0.15) is 0 Å². The van der Waals surface area contributed by atoms with E-state index in [1.54, 1.807) is 30.3 Å². The molecule has 0 bridgehead atoms. The molecule has 0 saturated carbocycles. The Morgan fingerprint density at radius 3 is 2.42 bits per heavy atom. The lowest BCUT2D eigenvalue weighted by molar-refractivity contribution is -0.118. The van der Waals surface area contributed by atoms with Crippen LogP contribution in [-0.4, -0.2) is 19.1 Å². The van der Waals surface area contributed by atoms with E-state index in [0.717, 1.165) is 6.42 Å². The molecule has 26 heavy (non-hydrogen) atoms. The molecule has 2 rings (SSSR count). The molecule has 0 aliphatic heterocycles. The molecule has 2 aromatic rings. The average Bonchev–Trinajstić information content (AvgIpc) is 2.62. The molecule has 1 amide bonds. The molecule has 0 radical (unpaired) electrons. The van der Waals surface area contributed by atoms with Gasteiger partial charge in [-0.15, -0.1) is 12.4 Å². The number of nitrogens with one attached hydrogen (secondary N) is 1. The number of hydrogen-bond donors (Lipinski definition) is 2. The number of ether oxygens (including phenoxy) is 2. The second-order valence-electron chi connectivity index (χ2n) is 5.80. The minimum atomic E-state index is -0.641. The predicted molar refractivity (Wildman–Crippen MR) is 103 cm³/mol. The van der Waals surface area contributed by atoms with Gasteiger partial charge in [-0.25, -0.2) is 4.39 Å². The summed E-state index contributed by atoms with van der Waals surface area (Å²) < 4.78 is 25.0. The Bertz CT molecular complexity index is 742. The van der Waals surface area contributed by atoms with E-state index in [0.29, 0.717) is 17.2 Å². The number of hydrogen-bond acceptors (Lipinski definition) is 4. The van der Waals surface area contributed by atoms with Crippen molar-refractivity contribution in [3.05, 3.63) is 48.3 Å². The summed E-state index contributed by atoms with van der Waals surface area (Å²) in [5.41, 5.74) is 6.20. The monoisotopic (exact) mass is 382 g/mol. The Morgan fingerprint density at radius 2 is 1.85 bits per heavy atom. The number of halogens is 2. The van der Waals surface area contributed by atoms with E-state index in [1.807, 2.05) is 13.8 Å². The number of carbonyl (C=O) groups is 1. The van der Waals surface area contributed by atoms with Crippen molar-refractivity contribution in [2.24, 2.45) is 11.7 Å². The minimum absolute atomic E-state index is 0. The van der Waals surface area contributed by atoms with E-state index in [2.05, 4.69) is 5.32 Å². The Labute approximate surface area is 159 Å². The van der Waals surface area contributed by atoms with Gasteiger partial charge in [0.1, 0.15) is 0 Å². The third-order valence-corrected chi connectivity index (χ3v) is 4.05. The smallest absolute Gasteiger partial charge is 0.241 e. The van der Waals surface area contributed by atoms with Crippen molar-refractivity contribution in [2.75, 3.05) is 12.4 Å². The molecule has 0 aromatic heterocycles. The molecule has 0 spiro atoms. The highest BCUT2D eigenvalue weighted by molar-refractivity contribution is 5.94. The van der Waals surface area contributed by atoms with Crippen LogP contribution >= 0.6 is 12.4 Å². The van der Waals surface area contributed by atoms with E-state index < -0.39 is 11.9 Å². The molecule has 5 nitrogen and oxygen atoms in total. The number of para-hydroxylation sites is 2. The van der Waals surface area contributed by atoms with Gasteiger partial charge < -0.3 is 20.5 Å². The van der Waals surface area contributed by atoms with E-state index in [-0.39, 0.29) is 30.0 Å². The van der Waals surface area contributed by atoms with Crippen molar-refractivity contribution in [3.63, 3.8) is 0 Å². The van der Waals surface area contributed by atoms with Gasteiger partial charge in [0.25, 0.3) is 0 Å². The third kappa shape index (κ3) is 5.34. The summed E-state index contributed by atoms with van der Waals surface area (Å²) in [6.45, 7) is 3.86. The largest absolute Gasteiger partial charge is 0.493 e. The molecule has 2 unspecified atom stereocenters. The summed E-state index contributed by atoms with van der Waals surface area (Å²) in [6.07, 6.45) is 0.786. The lowest BCUT2D eigenvalue weighted by Crippen LogP contribution is -2.40. The fourth-order valence-corrected chi connectivity index (χ4v) is 2.22. The number of nitrogens with two attached hydrogens (primary N) is 1. The van der Waals surface area contributed by atoms with Gasteiger partial charge in [0.15, 0.2) is 23.1 Å². The number of methoxy groups -OCH3 is 1. The summed E-state index contributed by atoms with van der Waals surface area (Å²) >= 11 is 0. The van der Waals surface area contributed by atoms with Gasteiger partial charge in [-0.1, -0.05) is 32.4 Å². The number of benzene rings is 2. The van der Waals surface area contributed by atoms with Crippen molar-refractivity contribution < 1.29 is 18.7 Å². The second-order valence-corrected chi connectivity index (χ2v) is 5.80. The first-order valence-corrected chi connectivity index (χ1v) is 8.13. The van der Waals surface area contributed by atoms with Crippen molar-refractivity contribution >= 4 is 24.0 Å². The highest BCUT2D eigenvalue weighted by atomic mass is 35.5. The Kier molecular flexibility index (Phi) is 8.35. The standard InChI is InChI=1S/C19H23FN2O3.ClH/c1-4-12(2)18(21)19(23)22-13-9-10-15(14(20)11-13)25-17-8-6-5-7-16(17)24-3;/h5-12,18H,4,21H2,1-3H3,(H,22,23);1H. The fraction of sp³-hybridized carbons (Fsp3) is 0.316. The molecule has 3 N–H and O–H groups in total. The zero-order valence-electron chi connectivity index (χ0n) is 15.0. The van der Waals surface area contributed by atoms with Crippen LogP contribution in [-0.2, 0) is 4.79 Å². The number of amides is 1. The van der Waals surface area contributed by atoms with Crippen LogP contribution in [0.15, 0.2) is 42.5 Å². The minimum Gasteiger partial charge on any atom is -0.493 e. The van der Waals surface area contributed by atoms with E-state index in [9.17, 15) is 9.18 Å². The van der Waals surface area contributed by atoms with Gasteiger partial charge in [0.05, 0.1) is 13.2 Å². The highest BCUT2D eigenvalue weighted by Crippen LogP contribution is 2.33. The molecular weight excluding hydrogens is 359 g/mol. The predicted octanol–water partition coefficient (Wildman–Crippen LogP) is 4.36. The molecule has 7 heteroatoms. The van der Waals surface area contributed by atoms with Crippen LogP contribution in [0.5, 0.6) is 17.2 Å². The maximum Gasteiger partial charge on any atom is 0.241 e. The van der Waals surface area contributed by atoms with Gasteiger partial charge >= 0.3 is 0 Å². The quantitative estimate of drug-likeness (QED) is 0.746. The van der Waals surface area contributed by atoms with E-state index in [4.69, 9.17) is 15.2 Å². The Hall–Kier alpha value is -2.31. The number of carbonyl (C=O) groups excluding carboxylic acids is 1. The highest BCUT2D eigenvalue weighted by Gasteiger charge is 2.20. The van der Waals surface area contributed by atoms with Crippen LogP contribution in [0.25, 0.3) is 0 Å². The molecule has 0 aliphatic rings. The van der Waals surface area contributed by atoms with Crippen molar-refractivity contribution in [1.82, 2.24) is 0 Å². The molecule has 2 aromatic carbocycles. The maximum absolute atomic E-state index is 14.3. The zero-order valence-corrected chi connectivity index (χ0v) is 15.8. The molecule has 0 saturated heterocycles. The summed E-state index contributed by atoms with van der Waals surface area (Å²) in [5, 5.41) is 2.63. The van der Waals surface area contributed by atoms with Crippen LogP contribution < -0.4 is 20.5 Å². The van der Waals surface area contributed by atoms with E-state index in [1.165, 1.54) is 19.2 Å². The topological polar surface area (TPSA) is 73.6 Å². The van der Waals surface area contributed by atoms with Gasteiger partial charge in [-0.05, 0) is 30.2 Å². The molecular formula is C19H24ClFN2O3. The Balaban J connectivity index is 0.00000338. The lowest BCUT2D eigenvalue weighted by atomic mass is 9.99. The molecule has 2 atom stereocenters. The van der Waals surface area contributed by atoms with Crippen LogP contribution in [0, 0.1) is 11.7 Å². The van der Waals surface area contributed by atoms with Crippen molar-refractivity contribution in [1.29, 1.82) is 0 Å². The van der Waals surface area contributed by atoms with Crippen molar-refractivity contribution in [3.8, 4) is 17.2 Å². The maximum atomic E-state index is 14.3. The van der Waals surface area contributed by atoms with Crippen LogP contribution in [0.4, 0.5) is 10.1 Å². The first-order chi connectivity index (χ1) is 12.0. The van der Waals surface area contributed by atoms with Gasteiger partial charge in [-0.3, -0.25) is 4.79 Å². The molecule has 0 fully saturated rings. The first kappa shape index (κ1) is 21.7. The van der Waals surface area contributed by atoms with Gasteiger partial charge in [0.2, 0.25) is 5.91 Å². The van der Waals surface area contributed by atoms with E-state index >= 15 is 0 Å². The van der Waals surface area contributed by atoms with Gasteiger partial charge in [0, 0.05) is 11.8 Å². The fourth-order valence-electron chi connectivity index (χ4n) is 2.22.